The molecule has 0 spiro atoms. The van der Waals surface area contributed by atoms with Crippen LogP contribution in [0.2, 0.25) is 0 Å². The van der Waals surface area contributed by atoms with Crippen molar-refractivity contribution in [1.82, 2.24) is 15.0 Å². The van der Waals surface area contributed by atoms with Crippen LogP contribution in [0.4, 0.5) is 0 Å². The zero-order chi connectivity index (χ0) is 15.5. The van der Waals surface area contributed by atoms with E-state index in [0.717, 1.165) is 24.8 Å². The molecule has 0 fully saturated rings. The van der Waals surface area contributed by atoms with Gasteiger partial charge in [0.25, 0.3) is 0 Å². The molecule has 3 heteroatoms. The van der Waals surface area contributed by atoms with Gasteiger partial charge < -0.3 is 0 Å². The summed E-state index contributed by atoms with van der Waals surface area (Å²) in [5.74, 6) is 1.64. The predicted octanol–water partition coefficient (Wildman–Crippen LogP) is 5.25. The SMILES string of the molecule is CCCC(C)CCn1nncc1CCCCCCC(C)C. The van der Waals surface area contributed by atoms with Crippen molar-refractivity contribution in [2.24, 2.45) is 11.8 Å². The maximum atomic E-state index is 4.25. The van der Waals surface area contributed by atoms with Crippen LogP contribution in [0.5, 0.6) is 0 Å². The number of hydrogen-bond donors (Lipinski definition) is 0. The van der Waals surface area contributed by atoms with Crippen molar-refractivity contribution in [1.29, 1.82) is 0 Å². The van der Waals surface area contributed by atoms with Gasteiger partial charge in [-0.15, -0.1) is 5.10 Å². The molecule has 1 rings (SSSR count). The second-order valence-corrected chi connectivity index (χ2v) is 6.98. The fourth-order valence-electron chi connectivity index (χ4n) is 2.85. The Morgan fingerprint density at radius 1 is 1.00 bits per heavy atom. The van der Waals surface area contributed by atoms with E-state index in [2.05, 4.69) is 42.7 Å². The van der Waals surface area contributed by atoms with Crippen LogP contribution < -0.4 is 0 Å². The van der Waals surface area contributed by atoms with E-state index in [9.17, 15) is 0 Å². The van der Waals surface area contributed by atoms with Gasteiger partial charge in [-0.2, -0.15) is 0 Å². The second-order valence-electron chi connectivity index (χ2n) is 6.98. The molecule has 1 atom stereocenters. The smallest absolute Gasteiger partial charge is 0.0725 e. The molecule has 1 aromatic rings. The van der Waals surface area contributed by atoms with E-state index in [0.29, 0.717) is 0 Å². The first kappa shape index (κ1) is 18.2. The first-order chi connectivity index (χ1) is 10.1. The predicted molar refractivity (Wildman–Crippen MR) is 90.3 cm³/mol. The van der Waals surface area contributed by atoms with Crippen molar-refractivity contribution in [3.8, 4) is 0 Å². The summed E-state index contributed by atoms with van der Waals surface area (Å²) in [7, 11) is 0. The number of aromatic nitrogens is 3. The van der Waals surface area contributed by atoms with Crippen molar-refractivity contribution in [3.63, 3.8) is 0 Å². The van der Waals surface area contributed by atoms with Crippen LogP contribution in [0.1, 0.15) is 84.8 Å². The summed E-state index contributed by atoms with van der Waals surface area (Å²) < 4.78 is 2.13. The highest BCUT2D eigenvalue weighted by atomic mass is 15.4. The largest absolute Gasteiger partial charge is 0.249 e. The first-order valence-electron chi connectivity index (χ1n) is 9.00. The highest BCUT2D eigenvalue weighted by Gasteiger charge is 2.06. The summed E-state index contributed by atoms with van der Waals surface area (Å²) in [6.45, 7) is 10.3. The normalized spacial score (nSPS) is 13.0. The molecule has 3 nitrogen and oxygen atoms in total. The second kappa shape index (κ2) is 10.8. The fraction of sp³-hybridized carbons (Fsp3) is 0.889. The average Bonchev–Trinajstić information content (AvgIpc) is 2.88. The molecule has 122 valence electrons. The van der Waals surface area contributed by atoms with Gasteiger partial charge in [-0.05, 0) is 31.1 Å². The van der Waals surface area contributed by atoms with E-state index < -0.39 is 0 Å². The fourth-order valence-corrected chi connectivity index (χ4v) is 2.85. The standard InChI is InChI=1S/C18H35N3/c1-5-10-17(4)13-14-21-18(15-19-20-21)12-9-7-6-8-11-16(2)3/h15-17H,5-14H2,1-4H3. The van der Waals surface area contributed by atoms with E-state index in [-0.39, 0.29) is 0 Å². The Bertz CT molecular complexity index is 357. The molecular weight excluding hydrogens is 258 g/mol. The van der Waals surface area contributed by atoms with Crippen LogP contribution in [0, 0.1) is 11.8 Å². The van der Waals surface area contributed by atoms with Gasteiger partial charge in [0.15, 0.2) is 0 Å². The topological polar surface area (TPSA) is 30.7 Å². The molecule has 0 aliphatic rings. The molecule has 21 heavy (non-hydrogen) atoms. The van der Waals surface area contributed by atoms with Crippen LogP contribution >= 0.6 is 0 Å². The van der Waals surface area contributed by atoms with Crippen LogP contribution in [0.25, 0.3) is 0 Å². The van der Waals surface area contributed by atoms with Gasteiger partial charge in [-0.25, -0.2) is 4.68 Å². The lowest BCUT2D eigenvalue weighted by Gasteiger charge is -2.11. The Hall–Kier alpha value is -0.860. The van der Waals surface area contributed by atoms with Gasteiger partial charge in [-0.3, -0.25) is 0 Å². The van der Waals surface area contributed by atoms with Crippen LogP contribution in [0.3, 0.4) is 0 Å². The van der Waals surface area contributed by atoms with E-state index in [1.165, 1.54) is 57.1 Å². The zero-order valence-corrected chi connectivity index (χ0v) is 14.6. The maximum Gasteiger partial charge on any atom is 0.0725 e. The molecule has 1 unspecified atom stereocenters. The summed E-state index contributed by atoms with van der Waals surface area (Å²) in [5.41, 5.74) is 1.32. The third kappa shape index (κ3) is 8.23. The zero-order valence-electron chi connectivity index (χ0n) is 14.6. The van der Waals surface area contributed by atoms with E-state index in [1.807, 2.05) is 6.20 Å². The number of aryl methyl sites for hydroxylation is 2. The van der Waals surface area contributed by atoms with Crippen molar-refractivity contribution in [2.45, 2.75) is 92.0 Å². The summed E-state index contributed by atoms with van der Waals surface area (Å²) >= 11 is 0. The summed E-state index contributed by atoms with van der Waals surface area (Å²) in [4.78, 5) is 0. The number of nitrogens with zero attached hydrogens (tertiary/aromatic N) is 3. The van der Waals surface area contributed by atoms with Crippen molar-refractivity contribution >= 4 is 0 Å². The minimum Gasteiger partial charge on any atom is -0.249 e. The Kier molecular flexibility index (Phi) is 9.36. The van der Waals surface area contributed by atoms with Gasteiger partial charge >= 0.3 is 0 Å². The van der Waals surface area contributed by atoms with Gasteiger partial charge in [-0.1, -0.05) is 71.4 Å². The molecule has 0 aliphatic heterocycles. The third-order valence-electron chi connectivity index (χ3n) is 4.28. The molecule has 0 saturated heterocycles. The van der Waals surface area contributed by atoms with Gasteiger partial charge in [0.05, 0.1) is 11.9 Å². The lowest BCUT2D eigenvalue weighted by atomic mass is 10.0. The van der Waals surface area contributed by atoms with E-state index in [1.54, 1.807) is 0 Å². The first-order valence-corrected chi connectivity index (χ1v) is 9.00. The average molecular weight is 293 g/mol. The van der Waals surface area contributed by atoms with Gasteiger partial charge in [0.1, 0.15) is 0 Å². The Labute approximate surface area is 131 Å². The van der Waals surface area contributed by atoms with Crippen LogP contribution in [0.15, 0.2) is 6.20 Å². The lowest BCUT2D eigenvalue weighted by Crippen LogP contribution is -2.08. The quantitative estimate of drug-likeness (QED) is 0.492. The van der Waals surface area contributed by atoms with Gasteiger partial charge in [0, 0.05) is 6.54 Å². The van der Waals surface area contributed by atoms with E-state index >= 15 is 0 Å². The monoisotopic (exact) mass is 293 g/mol. The van der Waals surface area contributed by atoms with Crippen molar-refractivity contribution in [2.75, 3.05) is 0 Å². The Morgan fingerprint density at radius 3 is 2.48 bits per heavy atom. The molecule has 0 bridgehead atoms. The van der Waals surface area contributed by atoms with E-state index in [4.69, 9.17) is 0 Å². The molecule has 0 saturated carbocycles. The van der Waals surface area contributed by atoms with Crippen molar-refractivity contribution in [3.05, 3.63) is 11.9 Å². The number of rotatable bonds is 12. The van der Waals surface area contributed by atoms with Crippen LogP contribution in [-0.4, -0.2) is 15.0 Å². The molecule has 1 heterocycles. The minimum atomic E-state index is 0.795. The Morgan fingerprint density at radius 2 is 1.76 bits per heavy atom. The molecule has 0 amide bonds. The minimum absolute atomic E-state index is 0.795. The van der Waals surface area contributed by atoms with Crippen molar-refractivity contribution < 1.29 is 0 Å². The summed E-state index contributed by atoms with van der Waals surface area (Å²) in [6.07, 6.45) is 13.6. The highest BCUT2D eigenvalue weighted by molar-refractivity contribution is 4.94. The molecule has 0 N–H and O–H groups in total. The lowest BCUT2D eigenvalue weighted by molar-refractivity contribution is 0.418. The summed E-state index contributed by atoms with van der Waals surface area (Å²) in [6, 6.07) is 0. The maximum absolute atomic E-state index is 4.25. The number of unbranched alkanes of at least 4 members (excludes halogenated alkanes) is 3. The molecule has 0 aliphatic carbocycles. The van der Waals surface area contributed by atoms with Crippen LogP contribution in [-0.2, 0) is 13.0 Å². The summed E-state index contributed by atoms with van der Waals surface area (Å²) in [5, 5.41) is 8.35. The van der Waals surface area contributed by atoms with Gasteiger partial charge in [0.2, 0.25) is 0 Å². The molecule has 1 aromatic heterocycles. The highest BCUT2D eigenvalue weighted by Crippen LogP contribution is 2.14. The number of hydrogen-bond acceptors (Lipinski definition) is 2. The molecule has 0 aromatic carbocycles. The third-order valence-corrected chi connectivity index (χ3v) is 4.28. The molecule has 0 radical (unpaired) electrons. The molecular formula is C18H35N3. The Balaban J connectivity index is 2.19.